The number of nitrogens with zero attached hydrogens (tertiary/aromatic N) is 6. The van der Waals surface area contributed by atoms with E-state index in [9.17, 15) is 24.3 Å². The second-order valence-electron chi connectivity index (χ2n) is 21.4. The Morgan fingerprint density at radius 3 is 1.54 bits per heavy atom. The first-order valence-electron chi connectivity index (χ1n) is 24.8. The summed E-state index contributed by atoms with van der Waals surface area (Å²) >= 11 is 0. The van der Waals surface area contributed by atoms with Crippen LogP contribution in [-0.4, -0.2) is 82.2 Å². The van der Waals surface area contributed by atoms with E-state index in [0.29, 0.717) is 47.3 Å². The minimum absolute atomic E-state index is 0.0569. The Morgan fingerprint density at radius 1 is 0.508 bits per heavy atom. The Balaban J connectivity index is 0.823. The van der Waals surface area contributed by atoms with Crippen LogP contribution >= 0.6 is 0 Å². The standard InChI is InChI=1S/C51H62N6O6/c58-48-46(50(60)61)53-43-28-41(16-17-45(43)57(48)39-24-33-10-5-11-34(25-39)54(33)37-20-29-6-3-7-30(18-29)21-37)63-51(62)47-49(59)56(44-13-2-1-12-42(44)52-47)40-26-35-14-15-36(27-40)55(35)38-22-31-8-4-9-32(19-31)23-38/h1-2,12-13,16-17,28-40H,3-11,14-15,18-27H2,(H,60,61)/t29?,30?,31?,32?,33-,34+,35-,36+,37?,38?,39+,40+. The molecule has 332 valence electrons. The maximum Gasteiger partial charge on any atom is 0.368 e. The number of para-hydroxylation sites is 2. The number of carbonyl (C=O) groups is 2. The summed E-state index contributed by atoms with van der Waals surface area (Å²) < 4.78 is 9.46. The van der Waals surface area contributed by atoms with Crippen molar-refractivity contribution in [3.8, 4) is 5.75 Å². The molecule has 0 spiro atoms. The number of aromatic carboxylic acids is 1. The van der Waals surface area contributed by atoms with E-state index in [0.717, 1.165) is 80.6 Å². The van der Waals surface area contributed by atoms with Crippen molar-refractivity contribution in [1.29, 1.82) is 0 Å². The molecule has 8 bridgehead atoms. The minimum Gasteiger partial charge on any atom is -0.476 e. The summed E-state index contributed by atoms with van der Waals surface area (Å²) in [7, 11) is 0. The molecule has 63 heavy (non-hydrogen) atoms. The molecule has 8 fully saturated rings. The third-order valence-corrected chi connectivity index (χ3v) is 17.8. The third kappa shape index (κ3) is 7.07. The molecule has 12 heteroatoms. The number of aromatic nitrogens is 4. The van der Waals surface area contributed by atoms with Gasteiger partial charge < -0.3 is 19.0 Å². The first-order valence-corrected chi connectivity index (χ1v) is 24.8. The monoisotopic (exact) mass is 854 g/mol. The lowest BCUT2D eigenvalue weighted by atomic mass is 9.68. The van der Waals surface area contributed by atoms with E-state index < -0.39 is 28.8 Å². The highest BCUT2D eigenvalue weighted by molar-refractivity contribution is 5.92. The van der Waals surface area contributed by atoms with Crippen LogP contribution in [0.25, 0.3) is 22.1 Å². The van der Waals surface area contributed by atoms with Crippen molar-refractivity contribution in [2.24, 2.45) is 23.7 Å². The Labute approximate surface area is 368 Å². The zero-order chi connectivity index (χ0) is 42.5. The summed E-state index contributed by atoms with van der Waals surface area (Å²) in [5.41, 5.74) is 0.237. The van der Waals surface area contributed by atoms with Gasteiger partial charge in [0.05, 0.1) is 22.1 Å². The van der Waals surface area contributed by atoms with E-state index in [1.165, 1.54) is 89.5 Å². The molecule has 2 aromatic carbocycles. The van der Waals surface area contributed by atoms with Crippen molar-refractivity contribution in [3.63, 3.8) is 0 Å². The number of ether oxygens (including phenoxy) is 1. The number of carboxylic acid groups (broad SMARTS) is 1. The average Bonchev–Trinajstić information content (AvgIpc) is 3.54. The molecule has 4 saturated heterocycles. The van der Waals surface area contributed by atoms with E-state index >= 15 is 0 Å². The number of rotatable bonds is 7. The summed E-state index contributed by atoms with van der Waals surface area (Å²) in [6.45, 7) is 0. The summed E-state index contributed by atoms with van der Waals surface area (Å²) in [4.78, 5) is 70.0. The maximum atomic E-state index is 14.6. The van der Waals surface area contributed by atoms with E-state index in [4.69, 9.17) is 4.74 Å². The Bertz CT molecular complexity index is 2540. The van der Waals surface area contributed by atoms with Gasteiger partial charge in [0.1, 0.15) is 5.75 Å². The van der Waals surface area contributed by atoms with Gasteiger partial charge in [-0.05, 0) is 138 Å². The molecule has 0 radical (unpaired) electrons. The highest BCUT2D eigenvalue weighted by Gasteiger charge is 2.48. The molecule has 2 aromatic heterocycles. The van der Waals surface area contributed by atoms with E-state index in [1.807, 2.05) is 28.8 Å². The lowest BCUT2D eigenvalue weighted by molar-refractivity contribution is -0.0486. The first-order chi connectivity index (χ1) is 30.7. The molecular weight excluding hydrogens is 793 g/mol. The van der Waals surface area contributed by atoms with Gasteiger partial charge in [0, 0.05) is 54.4 Å². The Morgan fingerprint density at radius 2 is 0.984 bits per heavy atom. The van der Waals surface area contributed by atoms with Crippen molar-refractivity contribution in [3.05, 3.63) is 74.6 Å². The largest absolute Gasteiger partial charge is 0.476 e. The van der Waals surface area contributed by atoms with Gasteiger partial charge in [-0.2, -0.15) is 0 Å². The second-order valence-corrected chi connectivity index (χ2v) is 21.4. The number of benzene rings is 2. The molecule has 10 atom stereocenters. The molecule has 0 amide bonds. The van der Waals surface area contributed by atoms with E-state index in [-0.39, 0.29) is 29.0 Å². The van der Waals surface area contributed by atoms with Crippen LogP contribution in [0.3, 0.4) is 0 Å². The summed E-state index contributed by atoms with van der Waals surface area (Å²) in [5.74, 6) is 1.23. The van der Waals surface area contributed by atoms with Gasteiger partial charge in [-0.25, -0.2) is 19.6 Å². The van der Waals surface area contributed by atoms with Gasteiger partial charge in [-0.1, -0.05) is 57.1 Å². The fourth-order valence-corrected chi connectivity index (χ4v) is 15.6. The molecule has 4 aliphatic carbocycles. The topological polar surface area (TPSA) is 140 Å². The number of carbonyl (C=O) groups excluding carboxylic acids is 1. The number of piperidine rings is 3. The van der Waals surface area contributed by atoms with Crippen molar-refractivity contribution >= 4 is 34.0 Å². The van der Waals surface area contributed by atoms with Crippen LogP contribution in [0, 0.1) is 23.7 Å². The van der Waals surface area contributed by atoms with Crippen LogP contribution in [0.1, 0.15) is 168 Å². The number of hydrogen-bond acceptors (Lipinski definition) is 9. The van der Waals surface area contributed by atoms with Gasteiger partial charge in [0.25, 0.3) is 11.1 Å². The highest BCUT2D eigenvalue weighted by atomic mass is 16.5. The zero-order valence-corrected chi connectivity index (χ0v) is 36.5. The fraction of sp³-hybridized carbons (Fsp3) is 0.647. The van der Waals surface area contributed by atoms with Crippen molar-refractivity contribution in [2.75, 3.05) is 0 Å². The smallest absolute Gasteiger partial charge is 0.368 e. The van der Waals surface area contributed by atoms with E-state index in [2.05, 4.69) is 19.8 Å². The van der Waals surface area contributed by atoms with Crippen LogP contribution in [0.15, 0.2) is 52.1 Å². The first kappa shape index (κ1) is 40.1. The summed E-state index contributed by atoms with van der Waals surface area (Å²) in [6.07, 6.45) is 25.1. The van der Waals surface area contributed by atoms with Crippen LogP contribution in [0.4, 0.5) is 0 Å². The molecule has 8 aliphatic rings. The van der Waals surface area contributed by atoms with Gasteiger partial charge in [0.2, 0.25) is 11.4 Å². The van der Waals surface area contributed by atoms with Crippen molar-refractivity contribution in [2.45, 2.75) is 183 Å². The van der Waals surface area contributed by atoms with Crippen LogP contribution in [-0.2, 0) is 0 Å². The van der Waals surface area contributed by atoms with Crippen molar-refractivity contribution < 1.29 is 19.4 Å². The lowest BCUT2D eigenvalue weighted by Gasteiger charge is -2.55. The molecule has 1 N–H and O–H groups in total. The zero-order valence-electron chi connectivity index (χ0n) is 36.5. The fourth-order valence-electron chi connectivity index (χ4n) is 15.6. The predicted octanol–water partition coefficient (Wildman–Crippen LogP) is 8.69. The van der Waals surface area contributed by atoms with Crippen LogP contribution in [0.2, 0.25) is 0 Å². The summed E-state index contributed by atoms with van der Waals surface area (Å²) in [5, 5.41) is 10.2. The normalized spacial score (nSPS) is 35.4. The number of hydrogen-bond donors (Lipinski definition) is 1. The number of carboxylic acids is 1. The molecule has 4 aromatic rings. The molecule has 12 nitrogen and oxygen atoms in total. The molecule has 4 unspecified atom stereocenters. The minimum atomic E-state index is -1.38. The van der Waals surface area contributed by atoms with Crippen molar-refractivity contribution in [1.82, 2.24) is 28.9 Å². The molecule has 6 heterocycles. The third-order valence-electron chi connectivity index (χ3n) is 17.8. The molecule has 4 aliphatic heterocycles. The predicted molar refractivity (Wildman–Crippen MR) is 239 cm³/mol. The highest BCUT2D eigenvalue weighted by Crippen LogP contribution is 2.50. The van der Waals surface area contributed by atoms with Gasteiger partial charge in [-0.3, -0.25) is 19.4 Å². The molecule has 12 rings (SSSR count). The average molecular weight is 855 g/mol. The molecule has 4 saturated carbocycles. The van der Waals surface area contributed by atoms with Gasteiger partial charge in [-0.15, -0.1) is 0 Å². The Hall–Kier alpha value is -4.42. The SMILES string of the molecule is O=C(O)c1nc2cc(OC(=O)c3nc4ccccc4n([C@H]4C[C@H]5CC[C@@H](C4)N5C4CC5CCCC(C5)C4)c3=O)ccc2n([C@H]2C[C@H]3CCC[C@@H](C2)N3C2CC3CCCC(C3)C2)c1=O. The van der Waals surface area contributed by atoms with Crippen LogP contribution in [0.5, 0.6) is 5.75 Å². The summed E-state index contributed by atoms with van der Waals surface area (Å²) in [6, 6.07) is 15.0. The van der Waals surface area contributed by atoms with E-state index in [1.54, 1.807) is 16.7 Å². The Kier molecular flexibility index (Phi) is 10.1. The maximum absolute atomic E-state index is 14.6. The van der Waals surface area contributed by atoms with Gasteiger partial charge in [0.15, 0.2) is 0 Å². The van der Waals surface area contributed by atoms with Crippen LogP contribution < -0.4 is 15.9 Å². The van der Waals surface area contributed by atoms with Gasteiger partial charge >= 0.3 is 11.9 Å². The quantitative estimate of drug-likeness (QED) is 0.142. The lowest BCUT2D eigenvalue weighted by Crippen LogP contribution is -2.58. The second kappa shape index (κ2) is 15.9. The molecular formula is C51H62N6O6. The number of esters is 1. The number of fused-ring (bicyclic) bond motifs is 10.